The van der Waals surface area contributed by atoms with Crippen molar-refractivity contribution in [3.05, 3.63) is 42.2 Å². The molecule has 2 heterocycles. The van der Waals surface area contributed by atoms with E-state index in [9.17, 15) is 4.79 Å². The van der Waals surface area contributed by atoms with Crippen molar-refractivity contribution < 1.29 is 9.53 Å². The van der Waals surface area contributed by atoms with Gasteiger partial charge in [-0.05, 0) is 36.4 Å². The highest BCUT2D eigenvalue weighted by atomic mass is 35.5. The summed E-state index contributed by atoms with van der Waals surface area (Å²) in [6, 6.07) is 9.75. The average Bonchev–Trinajstić information content (AvgIpc) is 3.25. The molecule has 0 bridgehead atoms. The minimum absolute atomic E-state index is 0. The lowest BCUT2D eigenvalue weighted by molar-refractivity contribution is 0.0765. The van der Waals surface area contributed by atoms with Gasteiger partial charge in [0.2, 0.25) is 0 Å². The van der Waals surface area contributed by atoms with Crippen LogP contribution in [0.25, 0.3) is 5.69 Å². The fourth-order valence-electron chi connectivity index (χ4n) is 3.09. The molecule has 1 unspecified atom stereocenters. The van der Waals surface area contributed by atoms with Crippen LogP contribution in [-0.4, -0.2) is 46.8 Å². The monoisotopic (exact) mass is 392 g/mol. The van der Waals surface area contributed by atoms with Gasteiger partial charge < -0.3 is 15.4 Å². The zero-order valence-electron chi connectivity index (χ0n) is 16.2. The van der Waals surface area contributed by atoms with Crippen molar-refractivity contribution in [2.24, 2.45) is 17.1 Å². The van der Waals surface area contributed by atoms with Gasteiger partial charge in [-0.25, -0.2) is 4.68 Å². The van der Waals surface area contributed by atoms with E-state index < -0.39 is 0 Å². The number of amides is 1. The van der Waals surface area contributed by atoms with Gasteiger partial charge in [-0.1, -0.05) is 39.0 Å². The van der Waals surface area contributed by atoms with Crippen molar-refractivity contribution >= 4 is 18.3 Å². The minimum Gasteiger partial charge on any atom is -0.489 e. The van der Waals surface area contributed by atoms with Crippen LogP contribution < -0.4 is 10.5 Å². The lowest BCUT2D eigenvalue weighted by atomic mass is 9.90. The van der Waals surface area contributed by atoms with E-state index in [4.69, 9.17) is 10.5 Å². The van der Waals surface area contributed by atoms with E-state index in [1.165, 1.54) is 0 Å². The van der Waals surface area contributed by atoms with Crippen LogP contribution in [0.3, 0.4) is 0 Å². The number of rotatable bonds is 6. The molecule has 1 aliphatic rings. The van der Waals surface area contributed by atoms with E-state index in [2.05, 4.69) is 25.9 Å². The SMILES string of the molecule is CC(C)COc1cn(-c2ccccc2)nc1C(=O)N1CCC(C)(CN)C1.Cl. The molecule has 2 N–H and O–H groups in total. The molecule has 1 atom stereocenters. The van der Waals surface area contributed by atoms with Crippen LogP contribution in [0.2, 0.25) is 0 Å². The fourth-order valence-corrected chi connectivity index (χ4v) is 3.09. The Morgan fingerprint density at radius 2 is 2.04 bits per heavy atom. The van der Waals surface area contributed by atoms with Crippen molar-refractivity contribution in [1.82, 2.24) is 14.7 Å². The van der Waals surface area contributed by atoms with Crippen LogP contribution in [0.1, 0.15) is 37.7 Å². The molecule has 27 heavy (non-hydrogen) atoms. The summed E-state index contributed by atoms with van der Waals surface area (Å²) in [7, 11) is 0. The highest BCUT2D eigenvalue weighted by Crippen LogP contribution is 2.31. The van der Waals surface area contributed by atoms with Crippen LogP contribution in [0, 0.1) is 11.3 Å². The third-order valence-corrected chi connectivity index (χ3v) is 4.81. The number of likely N-dealkylation sites (tertiary alicyclic amines) is 1. The molecule has 6 nitrogen and oxygen atoms in total. The molecule has 0 saturated carbocycles. The summed E-state index contributed by atoms with van der Waals surface area (Å²) < 4.78 is 7.61. The summed E-state index contributed by atoms with van der Waals surface area (Å²) in [4.78, 5) is 14.9. The van der Waals surface area contributed by atoms with Crippen molar-refractivity contribution in [2.45, 2.75) is 27.2 Å². The van der Waals surface area contributed by atoms with Gasteiger partial charge in [0.05, 0.1) is 18.5 Å². The minimum atomic E-state index is -0.0874. The molecular formula is C20H29ClN4O2. The topological polar surface area (TPSA) is 73.4 Å². The first-order valence-corrected chi connectivity index (χ1v) is 9.19. The largest absolute Gasteiger partial charge is 0.489 e. The molecule has 1 aromatic carbocycles. The third kappa shape index (κ3) is 4.82. The molecule has 0 spiro atoms. The molecule has 2 aromatic rings. The Morgan fingerprint density at radius 3 is 2.63 bits per heavy atom. The van der Waals surface area contributed by atoms with Crippen LogP contribution in [0.15, 0.2) is 36.5 Å². The molecule has 1 amide bonds. The lowest BCUT2D eigenvalue weighted by Gasteiger charge is -2.22. The normalized spacial score (nSPS) is 19.2. The van der Waals surface area contributed by atoms with Gasteiger partial charge >= 0.3 is 0 Å². The first-order valence-electron chi connectivity index (χ1n) is 9.19. The first-order chi connectivity index (χ1) is 12.4. The molecule has 148 valence electrons. The number of aromatic nitrogens is 2. The van der Waals surface area contributed by atoms with E-state index in [0.29, 0.717) is 43.6 Å². The predicted molar refractivity (Wildman–Crippen MR) is 109 cm³/mol. The van der Waals surface area contributed by atoms with Crippen molar-refractivity contribution in [3.63, 3.8) is 0 Å². The second-order valence-electron chi connectivity index (χ2n) is 7.82. The van der Waals surface area contributed by atoms with Gasteiger partial charge in [-0.15, -0.1) is 12.4 Å². The van der Waals surface area contributed by atoms with Gasteiger partial charge in [0, 0.05) is 13.1 Å². The van der Waals surface area contributed by atoms with Crippen molar-refractivity contribution in [2.75, 3.05) is 26.2 Å². The maximum atomic E-state index is 13.1. The number of nitrogens with two attached hydrogens (primary N) is 1. The Morgan fingerprint density at radius 1 is 1.33 bits per heavy atom. The number of carbonyl (C=O) groups is 1. The van der Waals surface area contributed by atoms with Gasteiger partial charge in [0.25, 0.3) is 5.91 Å². The lowest BCUT2D eigenvalue weighted by Crippen LogP contribution is -2.35. The van der Waals surface area contributed by atoms with Gasteiger partial charge in [-0.3, -0.25) is 4.79 Å². The smallest absolute Gasteiger partial charge is 0.278 e. The van der Waals surface area contributed by atoms with Crippen molar-refractivity contribution in [1.29, 1.82) is 0 Å². The highest BCUT2D eigenvalue weighted by Gasteiger charge is 2.37. The van der Waals surface area contributed by atoms with Crippen LogP contribution in [0.4, 0.5) is 0 Å². The van der Waals surface area contributed by atoms with Crippen LogP contribution in [0.5, 0.6) is 5.75 Å². The molecular weight excluding hydrogens is 364 g/mol. The number of benzene rings is 1. The molecule has 1 saturated heterocycles. The van der Waals surface area contributed by atoms with E-state index in [1.54, 1.807) is 10.9 Å². The molecule has 1 fully saturated rings. The summed E-state index contributed by atoms with van der Waals surface area (Å²) >= 11 is 0. The molecule has 1 aliphatic heterocycles. The number of nitrogens with zero attached hydrogens (tertiary/aromatic N) is 3. The molecule has 0 radical (unpaired) electrons. The quantitative estimate of drug-likeness (QED) is 0.819. The van der Waals surface area contributed by atoms with Crippen molar-refractivity contribution in [3.8, 4) is 11.4 Å². The summed E-state index contributed by atoms with van der Waals surface area (Å²) in [6.45, 7) is 8.76. The maximum Gasteiger partial charge on any atom is 0.278 e. The van der Waals surface area contributed by atoms with Crippen LogP contribution >= 0.6 is 12.4 Å². The van der Waals surface area contributed by atoms with E-state index in [0.717, 1.165) is 12.1 Å². The van der Waals surface area contributed by atoms with E-state index >= 15 is 0 Å². The zero-order valence-corrected chi connectivity index (χ0v) is 17.0. The van der Waals surface area contributed by atoms with Gasteiger partial charge in [-0.2, -0.15) is 5.10 Å². The Balaban J connectivity index is 0.00000261. The predicted octanol–water partition coefficient (Wildman–Crippen LogP) is 3.14. The van der Waals surface area contributed by atoms with E-state index in [-0.39, 0.29) is 23.7 Å². The second kappa shape index (κ2) is 8.76. The Labute approximate surface area is 167 Å². The number of carbonyl (C=O) groups excluding carboxylic acids is 1. The second-order valence-corrected chi connectivity index (χ2v) is 7.82. The molecule has 0 aliphatic carbocycles. The highest BCUT2D eigenvalue weighted by molar-refractivity contribution is 5.95. The summed E-state index contributed by atoms with van der Waals surface area (Å²) in [5, 5.41) is 4.55. The number of halogens is 1. The fraction of sp³-hybridized carbons (Fsp3) is 0.500. The first kappa shape index (κ1) is 21.3. The van der Waals surface area contributed by atoms with Crippen LogP contribution in [-0.2, 0) is 0 Å². The van der Waals surface area contributed by atoms with Gasteiger partial charge in [0.1, 0.15) is 0 Å². The molecule has 1 aromatic heterocycles. The summed E-state index contributed by atoms with van der Waals surface area (Å²) in [6.07, 6.45) is 2.71. The number of ether oxygens (including phenoxy) is 1. The summed E-state index contributed by atoms with van der Waals surface area (Å²) in [5.41, 5.74) is 7.13. The number of para-hydroxylation sites is 1. The third-order valence-electron chi connectivity index (χ3n) is 4.81. The van der Waals surface area contributed by atoms with E-state index in [1.807, 2.05) is 35.2 Å². The average molecular weight is 393 g/mol. The molecule has 7 heteroatoms. The molecule has 3 rings (SSSR count). The zero-order chi connectivity index (χ0) is 18.7. The van der Waals surface area contributed by atoms with Gasteiger partial charge in [0.15, 0.2) is 11.4 Å². The maximum absolute atomic E-state index is 13.1. The number of hydrogen-bond donors (Lipinski definition) is 1. The Bertz CT molecular complexity index is 763. The Hall–Kier alpha value is -2.05. The number of hydrogen-bond acceptors (Lipinski definition) is 4. The Kier molecular flexibility index (Phi) is 6.89. The standard InChI is InChI=1S/C20H28N4O2.ClH/c1-15(2)12-26-17-11-24(16-7-5-4-6-8-16)22-18(17)19(25)23-10-9-20(3,13-21)14-23;/h4-8,11,15H,9-10,12-14,21H2,1-3H3;1H. The summed E-state index contributed by atoms with van der Waals surface area (Å²) in [5.74, 6) is 0.815.